The highest BCUT2D eigenvalue weighted by Crippen LogP contribution is 2.22. The highest BCUT2D eigenvalue weighted by atomic mass is 35.5. The molecule has 1 aliphatic rings. The molecule has 1 aliphatic heterocycles. The van der Waals surface area contributed by atoms with E-state index in [0.717, 1.165) is 42.0 Å². The van der Waals surface area contributed by atoms with Gasteiger partial charge in [-0.1, -0.05) is 22.8 Å². The van der Waals surface area contributed by atoms with Gasteiger partial charge < -0.3 is 0 Å². The maximum atomic E-state index is 6.21. The zero-order chi connectivity index (χ0) is 13.4. The molecular weight excluding hydrogens is 320 g/mol. The van der Waals surface area contributed by atoms with Crippen LogP contribution < -0.4 is 0 Å². The van der Waals surface area contributed by atoms with E-state index in [1.807, 2.05) is 11.6 Å². The van der Waals surface area contributed by atoms with E-state index in [1.54, 1.807) is 11.3 Å². The monoisotopic (exact) mass is 334 g/mol. The summed E-state index contributed by atoms with van der Waals surface area (Å²) in [5.41, 5.74) is 1.07. The van der Waals surface area contributed by atoms with Crippen LogP contribution >= 0.6 is 22.9 Å². The number of hydrogen-bond donors (Lipinski definition) is 0. The van der Waals surface area contributed by atoms with Crippen LogP contribution in [0.2, 0.25) is 5.15 Å². The Hall–Kier alpha value is -0.0500. The van der Waals surface area contributed by atoms with Gasteiger partial charge >= 0.3 is 0 Å². The van der Waals surface area contributed by atoms with Gasteiger partial charge in [-0.2, -0.15) is 0 Å². The predicted molar refractivity (Wildman–Crippen MR) is 85.6 cm³/mol. The average molecular weight is 335 g/mol. The summed E-state index contributed by atoms with van der Waals surface area (Å²) >= 11 is 13.2. The number of thiazole rings is 1. The first-order valence-electron chi connectivity index (χ1n) is 5.99. The largest absolute Gasteiger partial charge is 0.292 e. The fraction of sp³-hybridized carbons (Fsp3) is 0.545. The maximum absolute atomic E-state index is 6.21. The minimum Gasteiger partial charge on any atom is -0.292 e. The van der Waals surface area contributed by atoms with Crippen molar-refractivity contribution < 1.29 is 0 Å². The van der Waals surface area contributed by atoms with Gasteiger partial charge in [0.25, 0.3) is 0 Å². The maximum Gasteiger partial charge on any atom is 0.195 e. The molecule has 0 spiro atoms. The minimum atomic E-state index is 0.162. The Morgan fingerprint density at radius 2 is 2.47 bits per heavy atom. The van der Waals surface area contributed by atoms with Gasteiger partial charge in [-0.3, -0.25) is 14.2 Å². The molecule has 0 N–H and O–H groups in total. The fourth-order valence-corrected chi connectivity index (χ4v) is 5.16. The van der Waals surface area contributed by atoms with E-state index in [-0.39, 0.29) is 9.45 Å². The molecule has 0 bridgehead atoms. The Morgan fingerprint density at radius 3 is 3.21 bits per heavy atom. The summed E-state index contributed by atoms with van der Waals surface area (Å²) in [5.74, 6) is 2.21. The lowest BCUT2D eigenvalue weighted by atomic mass is 10.4. The van der Waals surface area contributed by atoms with Crippen molar-refractivity contribution >= 4 is 48.5 Å². The van der Waals surface area contributed by atoms with E-state index in [2.05, 4.69) is 26.2 Å². The molecule has 1 unspecified atom stereocenters. The highest BCUT2D eigenvalue weighted by Gasteiger charge is 2.18. The van der Waals surface area contributed by atoms with Crippen LogP contribution in [0.3, 0.4) is 0 Å². The topological polar surface area (TPSA) is 23.8 Å². The number of hydrogen-bond acceptors (Lipinski definition) is 5. The molecule has 3 rings (SSSR count). The van der Waals surface area contributed by atoms with Crippen LogP contribution in [-0.4, -0.2) is 51.1 Å². The van der Waals surface area contributed by atoms with Gasteiger partial charge in [0.2, 0.25) is 0 Å². The van der Waals surface area contributed by atoms with Crippen molar-refractivity contribution in [2.24, 2.45) is 0 Å². The van der Waals surface area contributed by atoms with E-state index in [9.17, 15) is 0 Å². The molecule has 0 amide bonds. The van der Waals surface area contributed by atoms with Crippen LogP contribution in [0.5, 0.6) is 0 Å². The van der Waals surface area contributed by atoms with Gasteiger partial charge in [-0.25, -0.2) is 4.98 Å². The Bertz CT molecular complexity index is 608. The third-order valence-electron chi connectivity index (χ3n) is 3.14. The second kappa shape index (κ2) is 5.75. The highest BCUT2D eigenvalue weighted by molar-refractivity contribution is 8.28. The molecule has 1 fully saturated rings. The van der Waals surface area contributed by atoms with Crippen LogP contribution in [0.1, 0.15) is 5.69 Å². The van der Waals surface area contributed by atoms with Crippen LogP contribution in [0.15, 0.2) is 11.6 Å². The summed E-state index contributed by atoms with van der Waals surface area (Å²) in [6.45, 7) is 2.86. The molecule has 2 aromatic heterocycles. The summed E-state index contributed by atoms with van der Waals surface area (Å²) in [6.07, 6.45) is 2.03. The summed E-state index contributed by atoms with van der Waals surface area (Å²) in [5, 5.41) is 2.65. The van der Waals surface area contributed by atoms with E-state index in [1.165, 1.54) is 0 Å². The zero-order valence-electron chi connectivity index (χ0n) is 10.6. The number of rotatable bonds is 4. The number of aromatic nitrogens is 2. The normalized spacial score (nSPS) is 20.9. The molecule has 19 heavy (non-hydrogen) atoms. The standard InChI is InChI=1S/C11H15ClN4S3/c1-14(7-15-3-5-19(17)8-15)6-9-10(12)13-11-16(9)2-4-18-11/h2,4H,3,5-8H2,1H3. The third kappa shape index (κ3) is 3.01. The molecular formula is C11H15ClN4S3. The average Bonchev–Trinajstić information content (AvgIpc) is 3.00. The smallest absolute Gasteiger partial charge is 0.195 e. The van der Waals surface area contributed by atoms with Crippen molar-refractivity contribution in [3.63, 3.8) is 0 Å². The van der Waals surface area contributed by atoms with Crippen molar-refractivity contribution in [3.8, 4) is 0 Å². The molecule has 1 saturated heterocycles. The summed E-state index contributed by atoms with van der Waals surface area (Å²) in [6, 6.07) is 0. The molecule has 0 radical (unpaired) electrons. The van der Waals surface area contributed by atoms with Gasteiger partial charge in [0, 0.05) is 30.4 Å². The molecule has 0 aliphatic carbocycles. The molecule has 1 atom stereocenters. The van der Waals surface area contributed by atoms with Gasteiger partial charge in [0.05, 0.1) is 18.2 Å². The summed E-state index contributed by atoms with van der Waals surface area (Å²) in [7, 11) is 2.28. The van der Waals surface area contributed by atoms with Gasteiger partial charge in [-0.05, 0) is 7.05 Å². The van der Waals surface area contributed by atoms with E-state index < -0.39 is 0 Å². The number of fused-ring (bicyclic) bond motifs is 1. The van der Waals surface area contributed by atoms with Crippen LogP contribution in [-0.2, 0) is 27.2 Å². The Kier molecular flexibility index (Phi) is 4.21. The second-order valence-corrected chi connectivity index (χ2v) is 8.92. The fourth-order valence-electron chi connectivity index (χ4n) is 2.27. The van der Waals surface area contributed by atoms with Gasteiger partial charge in [0.1, 0.15) is 0 Å². The van der Waals surface area contributed by atoms with E-state index >= 15 is 0 Å². The summed E-state index contributed by atoms with van der Waals surface area (Å²) in [4.78, 5) is 10.0. The first kappa shape index (κ1) is 13.9. The van der Waals surface area contributed by atoms with Crippen LogP contribution in [0, 0.1) is 0 Å². The Balaban J connectivity index is 1.68. The molecule has 0 saturated carbocycles. The number of halogens is 1. The molecule has 0 aromatic carbocycles. The number of imidazole rings is 1. The van der Waals surface area contributed by atoms with Gasteiger partial charge in [-0.15, -0.1) is 20.8 Å². The summed E-state index contributed by atoms with van der Waals surface area (Å²) < 4.78 is 2.07. The minimum absolute atomic E-state index is 0.162. The van der Waals surface area contributed by atoms with Gasteiger partial charge in [0.15, 0.2) is 10.1 Å². The molecule has 2 aromatic rings. The lowest BCUT2D eigenvalue weighted by molar-refractivity contribution is 0.182. The van der Waals surface area contributed by atoms with Crippen LogP contribution in [0.4, 0.5) is 0 Å². The van der Waals surface area contributed by atoms with Crippen molar-refractivity contribution in [1.82, 2.24) is 19.2 Å². The SMILES string of the molecule is CN(Cc1c(Cl)nc2sccn12)CN1CCS(=S)C1. The van der Waals surface area contributed by atoms with Crippen molar-refractivity contribution in [3.05, 3.63) is 22.4 Å². The van der Waals surface area contributed by atoms with Crippen LogP contribution in [0.25, 0.3) is 4.96 Å². The van der Waals surface area contributed by atoms with Crippen molar-refractivity contribution in [1.29, 1.82) is 0 Å². The Morgan fingerprint density at radius 1 is 1.63 bits per heavy atom. The molecule has 104 valence electrons. The zero-order valence-corrected chi connectivity index (χ0v) is 13.8. The molecule has 4 nitrogen and oxygen atoms in total. The molecule has 3 heterocycles. The second-order valence-electron chi connectivity index (χ2n) is 4.73. The van der Waals surface area contributed by atoms with E-state index in [4.69, 9.17) is 22.8 Å². The lowest BCUT2D eigenvalue weighted by Crippen LogP contribution is -2.34. The van der Waals surface area contributed by atoms with Crippen molar-refractivity contribution in [2.75, 3.05) is 31.9 Å². The van der Waals surface area contributed by atoms with E-state index in [0.29, 0.717) is 5.15 Å². The van der Waals surface area contributed by atoms with Crippen molar-refractivity contribution in [2.45, 2.75) is 6.54 Å². The lowest BCUT2D eigenvalue weighted by Gasteiger charge is -2.23. The third-order valence-corrected chi connectivity index (χ3v) is 6.30. The predicted octanol–water partition coefficient (Wildman–Crippen LogP) is 1.79. The Labute approximate surface area is 128 Å². The first-order chi connectivity index (χ1) is 9.13. The quantitative estimate of drug-likeness (QED) is 0.850. The molecule has 8 heteroatoms. The first-order valence-corrected chi connectivity index (χ1v) is 9.74. The number of nitrogens with zero attached hydrogens (tertiary/aromatic N) is 4.